The molecule has 0 bridgehead atoms. The minimum atomic E-state index is -0.512. The van der Waals surface area contributed by atoms with Crippen molar-refractivity contribution in [2.45, 2.75) is 58.9 Å². The van der Waals surface area contributed by atoms with Crippen LogP contribution in [0.15, 0.2) is 16.9 Å². The number of carbonyl (C=O) groups excluding carboxylic acids is 2. The van der Waals surface area contributed by atoms with Gasteiger partial charge in [-0.2, -0.15) is 4.99 Å². The average Bonchev–Trinajstić information content (AvgIpc) is 2.73. The van der Waals surface area contributed by atoms with E-state index in [0.717, 1.165) is 11.8 Å². The molecule has 0 saturated carbocycles. The Morgan fingerprint density at radius 1 is 0.824 bits per heavy atom. The first-order valence-electron chi connectivity index (χ1n) is 12.0. The second kappa shape index (κ2) is 9.89. The maximum Gasteiger partial charge on any atom is 0.410 e. The topological polar surface area (TPSA) is 107 Å². The molecule has 2 saturated heterocycles. The molecule has 11 heteroatoms. The Hall–Kier alpha value is -2.69. The van der Waals surface area contributed by atoms with Crippen LogP contribution in [0.2, 0.25) is 0 Å². The number of rotatable bonds is 1. The predicted octanol–water partition coefficient (Wildman–Crippen LogP) is 1.52. The van der Waals surface area contributed by atoms with E-state index in [1.54, 1.807) is 9.80 Å². The molecule has 1 unspecified atom stereocenters. The number of nitrogens with zero attached hydrogens (tertiary/aromatic N) is 6. The van der Waals surface area contributed by atoms with Crippen LogP contribution in [-0.2, 0) is 9.47 Å². The molecule has 0 aliphatic carbocycles. The first-order valence-corrected chi connectivity index (χ1v) is 12.0. The number of piperazine rings is 2. The third-order valence-corrected chi connectivity index (χ3v) is 5.77. The van der Waals surface area contributed by atoms with E-state index in [0.29, 0.717) is 52.4 Å². The average molecular weight is 480 g/mol. The largest absolute Gasteiger partial charge is 0.444 e. The minimum Gasteiger partial charge on any atom is -0.444 e. The minimum absolute atomic E-state index is 0.284. The van der Waals surface area contributed by atoms with Crippen LogP contribution in [0.1, 0.15) is 41.5 Å². The van der Waals surface area contributed by atoms with E-state index in [4.69, 9.17) is 20.2 Å². The Labute approximate surface area is 203 Å². The highest BCUT2D eigenvalue weighted by molar-refractivity contribution is 5.82. The van der Waals surface area contributed by atoms with Gasteiger partial charge in [0, 0.05) is 59.4 Å². The van der Waals surface area contributed by atoms with Crippen molar-refractivity contribution in [3.05, 3.63) is 11.9 Å². The lowest BCUT2D eigenvalue weighted by atomic mass is 10.2. The Morgan fingerprint density at radius 3 is 1.65 bits per heavy atom. The molecule has 1 atom stereocenters. The second-order valence-electron chi connectivity index (χ2n) is 10.9. The van der Waals surface area contributed by atoms with Gasteiger partial charge in [-0.3, -0.25) is 0 Å². The summed E-state index contributed by atoms with van der Waals surface area (Å²) in [4.78, 5) is 39.4. The Balaban J connectivity index is 1.60. The van der Waals surface area contributed by atoms with Crippen molar-refractivity contribution in [1.29, 1.82) is 0 Å². The molecule has 2 N–H and O–H groups in total. The summed E-state index contributed by atoms with van der Waals surface area (Å²) in [7, 11) is 1.93. The lowest BCUT2D eigenvalue weighted by Crippen LogP contribution is -2.58. The number of ether oxygens (including phenoxy) is 2. The number of hydrogen-bond acceptors (Lipinski definition) is 9. The van der Waals surface area contributed by atoms with Crippen molar-refractivity contribution in [2.24, 2.45) is 10.7 Å². The standard InChI is InChI=1S/C23H41N7O4/c1-22(2,3)33-20(31)29-12-8-27(9-13-29)18-16-17(24)26(7)19(25-18)28-10-14-30(15-11-28)21(32)34-23(4,5)6/h16-17H,8-15,24H2,1-7H3. The van der Waals surface area contributed by atoms with Crippen LogP contribution in [0.3, 0.4) is 0 Å². The van der Waals surface area contributed by atoms with E-state index in [2.05, 4.69) is 9.80 Å². The van der Waals surface area contributed by atoms with E-state index >= 15 is 0 Å². The number of guanidine groups is 1. The lowest BCUT2D eigenvalue weighted by Gasteiger charge is -2.43. The fourth-order valence-corrected chi connectivity index (χ4v) is 3.95. The second-order valence-corrected chi connectivity index (χ2v) is 10.9. The van der Waals surface area contributed by atoms with Gasteiger partial charge in [-0.15, -0.1) is 0 Å². The van der Waals surface area contributed by atoms with Crippen LogP contribution >= 0.6 is 0 Å². The third-order valence-electron chi connectivity index (χ3n) is 5.77. The van der Waals surface area contributed by atoms with Crippen molar-refractivity contribution in [2.75, 3.05) is 59.4 Å². The fourth-order valence-electron chi connectivity index (χ4n) is 3.95. The maximum absolute atomic E-state index is 12.4. The lowest BCUT2D eigenvalue weighted by molar-refractivity contribution is 0.0166. The van der Waals surface area contributed by atoms with Gasteiger partial charge in [-0.05, 0) is 47.6 Å². The maximum atomic E-state index is 12.4. The summed E-state index contributed by atoms with van der Waals surface area (Å²) in [5.41, 5.74) is 5.39. The zero-order valence-electron chi connectivity index (χ0n) is 21.7. The molecule has 0 aromatic carbocycles. The molecule has 11 nitrogen and oxygen atoms in total. The van der Waals surface area contributed by atoms with Gasteiger partial charge in [0.25, 0.3) is 0 Å². The molecule has 3 heterocycles. The third kappa shape index (κ3) is 6.68. The van der Waals surface area contributed by atoms with Crippen LogP contribution in [0, 0.1) is 0 Å². The molecule has 3 rings (SSSR count). The monoisotopic (exact) mass is 479 g/mol. The normalized spacial score (nSPS) is 22.4. The molecule has 0 aromatic heterocycles. The van der Waals surface area contributed by atoms with Crippen LogP contribution < -0.4 is 5.73 Å². The van der Waals surface area contributed by atoms with Crippen molar-refractivity contribution >= 4 is 18.1 Å². The van der Waals surface area contributed by atoms with Crippen LogP contribution in [0.4, 0.5) is 9.59 Å². The van der Waals surface area contributed by atoms with Crippen molar-refractivity contribution < 1.29 is 19.1 Å². The summed E-state index contributed by atoms with van der Waals surface area (Å²) in [5, 5.41) is 0. The van der Waals surface area contributed by atoms with Gasteiger partial charge in [-0.25, -0.2) is 9.59 Å². The number of likely N-dealkylation sites (N-methyl/N-ethyl adjacent to an activating group) is 1. The fraction of sp³-hybridized carbons (Fsp3) is 0.783. The molecular weight excluding hydrogens is 438 g/mol. The molecular formula is C23H41N7O4. The van der Waals surface area contributed by atoms with Crippen LogP contribution in [0.25, 0.3) is 0 Å². The Bertz CT molecular complexity index is 814. The van der Waals surface area contributed by atoms with E-state index < -0.39 is 11.2 Å². The quantitative estimate of drug-likeness (QED) is 0.603. The summed E-state index contributed by atoms with van der Waals surface area (Å²) in [6.45, 7) is 16.1. The van der Waals surface area contributed by atoms with Crippen LogP contribution in [-0.4, -0.2) is 119 Å². The first kappa shape index (κ1) is 25.9. The summed E-state index contributed by atoms with van der Waals surface area (Å²) >= 11 is 0. The first-order chi connectivity index (χ1) is 15.7. The molecule has 0 spiro atoms. The van der Waals surface area contributed by atoms with Crippen molar-refractivity contribution in [3.63, 3.8) is 0 Å². The Kier molecular flexibility index (Phi) is 7.54. The van der Waals surface area contributed by atoms with Gasteiger partial charge < -0.3 is 39.7 Å². The zero-order chi connectivity index (χ0) is 25.3. The van der Waals surface area contributed by atoms with E-state index in [1.807, 2.05) is 59.6 Å². The van der Waals surface area contributed by atoms with Gasteiger partial charge in [0.15, 0.2) is 0 Å². The van der Waals surface area contributed by atoms with Crippen LogP contribution in [0.5, 0.6) is 0 Å². The molecule has 0 aromatic rings. The van der Waals surface area contributed by atoms with Gasteiger partial charge in [0.2, 0.25) is 5.96 Å². The van der Waals surface area contributed by atoms with Gasteiger partial charge in [-0.1, -0.05) is 0 Å². The molecule has 192 valence electrons. The molecule has 34 heavy (non-hydrogen) atoms. The zero-order valence-corrected chi connectivity index (χ0v) is 21.7. The number of amides is 2. The summed E-state index contributed by atoms with van der Waals surface area (Å²) in [6, 6.07) is 0. The summed E-state index contributed by atoms with van der Waals surface area (Å²) in [5.74, 6) is 1.61. The highest BCUT2D eigenvalue weighted by Gasteiger charge is 2.32. The molecule has 0 radical (unpaired) electrons. The van der Waals surface area contributed by atoms with E-state index in [-0.39, 0.29) is 18.4 Å². The van der Waals surface area contributed by atoms with E-state index in [1.165, 1.54) is 0 Å². The van der Waals surface area contributed by atoms with Gasteiger partial charge in [0.05, 0.1) is 0 Å². The van der Waals surface area contributed by atoms with Crippen molar-refractivity contribution in [1.82, 2.24) is 24.5 Å². The number of hydrogen-bond donors (Lipinski definition) is 1. The SMILES string of the molecule is CN1C(N2CCN(C(=O)OC(C)(C)C)CC2)=NC(N2CCN(C(=O)OC(C)(C)C)CC2)=CC1N. The molecule has 3 aliphatic heterocycles. The molecule has 2 fully saturated rings. The summed E-state index contributed by atoms with van der Waals surface area (Å²) in [6.07, 6.45) is 1.07. The predicted molar refractivity (Wildman–Crippen MR) is 130 cm³/mol. The smallest absolute Gasteiger partial charge is 0.410 e. The number of nitrogens with two attached hydrogens (primary N) is 1. The molecule has 2 amide bonds. The highest BCUT2D eigenvalue weighted by atomic mass is 16.6. The number of aliphatic imine (C=N–C) groups is 1. The van der Waals surface area contributed by atoms with Gasteiger partial charge >= 0.3 is 12.2 Å². The molecule has 3 aliphatic rings. The highest BCUT2D eigenvalue weighted by Crippen LogP contribution is 2.21. The van der Waals surface area contributed by atoms with E-state index in [9.17, 15) is 9.59 Å². The Morgan fingerprint density at radius 2 is 1.24 bits per heavy atom. The summed E-state index contributed by atoms with van der Waals surface area (Å²) < 4.78 is 11.0. The van der Waals surface area contributed by atoms with Gasteiger partial charge in [0.1, 0.15) is 23.2 Å². The van der Waals surface area contributed by atoms with Crippen molar-refractivity contribution in [3.8, 4) is 0 Å². The number of carbonyl (C=O) groups is 2.